The molecule has 3 unspecified atom stereocenters. The second-order valence-corrected chi connectivity index (χ2v) is 11.0. The molecule has 30 heavy (non-hydrogen) atoms. The van der Waals surface area contributed by atoms with E-state index in [1.807, 2.05) is 4.90 Å². The average molecular weight is 422 g/mol. The van der Waals surface area contributed by atoms with Crippen LogP contribution in [0.25, 0.3) is 0 Å². The Kier molecular flexibility index (Phi) is 6.05. The van der Waals surface area contributed by atoms with Gasteiger partial charge in [-0.2, -0.15) is 0 Å². The van der Waals surface area contributed by atoms with E-state index >= 15 is 0 Å². The molecule has 4 fully saturated rings. The molecule has 2 aliphatic heterocycles. The molecule has 4 rings (SSSR count). The summed E-state index contributed by atoms with van der Waals surface area (Å²) in [6.07, 6.45) is 6.79. The number of carboxylic acid groups (broad SMARTS) is 1. The van der Waals surface area contributed by atoms with Gasteiger partial charge in [-0.25, -0.2) is 4.79 Å². The van der Waals surface area contributed by atoms with Gasteiger partial charge in [0.05, 0.1) is 12.6 Å². The Bertz CT molecular complexity index is 659. The van der Waals surface area contributed by atoms with Gasteiger partial charge in [0.1, 0.15) is 0 Å². The number of nitrogens with zero attached hydrogens (tertiary/aromatic N) is 3. The van der Waals surface area contributed by atoms with Gasteiger partial charge in [-0.3, -0.25) is 9.69 Å². The maximum atomic E-state index is 13.0. The molecule has 2 saturated heterocycles. The van der Waals surface area contributed by atoms with Crippen molar-refractivity contribution in [2.75, 3.05) is 39.3 Å². The fraction of sp³-hybridized carbons (Fsp3) is 0.913. The quantitative estimate of drug-likeness (QED) is 0.732. The smallest absolute Gasteiger partial charge is 0.407 e. The Labute approximate surface area is 180 Å². The molecule has 2 saturated carbocycles. The molecule has 0 aromatic carbocycles. The lowest BCUT2D eigenvalue weighted by Crippen LogP contribution is -2.59. The predicted molar refractivity (Wildman–Crippen MR) is 114 cm³/mol. The first-order valence-electron chi connectivity index (χ1n) is 11.9. The highest BCUT2D eigenvalue weighted by atomic mass is 16.4. The number of carbonyl (C=O) groups excluding carboxylic acids is 1. The molecule has 0 aromatic rings. The second kappa shape index (κ2) is 8.30. The largest absolute Gasteiger partial charge is 0.465 e. The van der Waals surface area contributed by atoms with E-state index in [1.165, 1.54) is 30.6 Å². The van der Waals surface area contributed by atoms with Gasteiger partial charge in [0.2, 0.25) is 5.91 Å². The molecule has 170 valence electrons. The van der Waals surface area contributed by atoms with E-state index in [1.54, 1.807) is 0 Å². The van der Waals surface area contributed by atoms with Crippen LogP contribution in [0.15, 0.2) is 0 Å². The molecule has 3 atom stereocenters. The maximum Gasteiger partial charge on any atom is 0.407 e. The summed E-state index contributed by atoms with van der Waals surface area (Å²) < 4.78 is 0. The maximum absolute atomic E-state index is 13.0. The third-order valence-electron chi connectivity index (χ3n) is 8.71. The summed E-state index contributed by atoms with van der Waals surface area (Å²) in [6, 6.07) is 0.534. The van der Waals surface area contributed by atoms with Gasteiger partial charge in [-0.1, -0.05) is 20.3 Å². The minimum atomic E-state index is -0.896. The topological polar surface area (TPSA) is 84.3 Å². The van der Waals surface area contributed by atoms with Gasteiger partial charge in [0, 0.05) is 44.2 Å². The fourth-order valence-electron chi connectivity index (χ4n) is 6.60. The summed E-state index contributed by atoms with van der Waals surface area (Å²) in [5.74, 6) is 0.383. The van der Waals surface area contributed by atoms with Crippen LogP contribution in [0.4, 0.5) is 4.79 Å². The van der Waals surface area contributed by atoms with Crippen molar-refractivity contribution in [3.8, 4) is 0 Å². The number of hydrogen-bond donors (Lipinski definition) is 2. The number of rotatable bonds is 3. The van der Waals surface area contributed by atoms with E-state index in [9.17, 15) is 19.8 Å². The summed E-state index contributed by atoms with van der Waals surface area (Å²) >= 11 is 0. The molecular formula is C23H39N3O4. The Morgan fingerprint density at radius 3 is 2.47 bits per heavy atom. The van der Waals surface area contributed by atoms with Crippen molar-refractivity contribution >= 4 is 12.0 Å². The first-order valence-corrected chi connectivity index (χ1v) is 11.9. The van der Waals surface area contributed by atoms with E-state index in [-0.39, 0.29) is 17.2 Å². The molecule has 0 aromatic heterocycles. The first-order chi connectivity index (χ1) is 14.2. The molecule has 2 N–H and O–H groups in total. The minimum Gasteiger partial charge on any atom is -0.465 e. The van der Waals surface area contributed by atoms with Gasteiger partial charge in [-0.05, 0) is 56.3 Å². The lowest BCUT2D eigenvalue weighted by Gasteiger charge is -2.49. The second-order valence-electron chi connectivity index (χ2n) is 11.0. The summed E-state index contributed by atoms with van der Waals surface area (Å²) in [6.45, 7) is 8.35. The molecule has 2 aliphatic carbocycles. The minimum absolute atomic E-state index is 0.181. The van der Waals surface area contributed by atoms with E-state index in [4.69, 9.17) is 0 Å². The third-order valence-corrected chi connectivity index (χ3v) is 8.71. The van der Waals surface area contributed by atoms with Crippen molar-refractivity contribution in [3.05, 3.63) is 0 Å². The number of amides is 2. The Balaban J connectivity index is 1.36. The predicted octanol–water partition coefficient (Wildman–Crippen LogP) is 2.63. The Hall–Kier alpha value is -1.34. The molecule has 1 spiro atoms. The van der Waals surface area contributed by atoms with Gasteiger partial charge >= 0.3 is 6.09 Å². The van der Waals surface area contributed by atoms with Crippen molar-refractivity contribution < 1.29 is 19.8 Å². The summed E-state index contributed by atoms with van der Waals surface area (Å²) in [5.41, 5.74) is 0.0484. The lowest BCUT2D eigenvalue weighted by atomic mass is 9.69. The van der Waals surface area contributed by atoms with Crippen LogP contribution in [-0.2, 0) is 4.79 Å². The van der Waals surface area contributed by atoms with Crippen molar-refractivity contribution in [2.45, 2.75) is 77.4 Å². The highest BCUT2D eigenvalue weighted by Crippen LogP contribution is 2.49. The number of piperidine rings is 1. The zero-order valence-electron chi connectivity index (χ0n) is 18.7. The summed E-state index contributed by atoms with van der Waals surface area (Å²) in [5, 5.41) is 20.3. The van der Waals surface area contributed by atoms with Crippen LogP contribution in [0.5, 0.6) is 0 Å². The number of aliphatic hydroxyl groups is 1. The Morgan fingerprint density at radius 2 is 1.80 bits per heavy atom. The van der Waals surface area contributed by atoms with Gasteiger partial charge < -0.3 is 20.0 Å². The third kappa shape index (κ3) is 4.20. The van der Waals surface area contributed by atoms with Crippen molar-refractivity contribution in [1.82, 2.24) is 14.7 Å². The number of aliphatic hydroxyl groups excluding tert-OH is 1. The molecule has 4 aliphatic rings. The highest BCUT2D eigenvalue weighted by molar-refractivity contribution is 5.79. The first kappa shape index (κ1) is 21.9. The van der Waals surface area contributed by atoms with E-state index in [2.05, 4.69) is 18.7 Å². The van der Waals surface area contributed by atoms with Crippen LogP contribution in [0.3, 0.4) is 0 Å². The normalized spacial score (nSPS) is 35.9. The van der Waals surface area contributed by atoms with Crippen LogP contribution < -0.4 is 0 Å². The van der Waals surface area contributed by atoms with Crippen molar-refractivity contribution in [1.29, 1.82) is 0 Å². The van der Waals surface area contributed by atoms with Gasteiger partial charge in [0.25, 0.3) is 0 Å². The fourth-order valence-corrected chi connectivity index (χ4v) is 6.60. The lowest BCUT2D eigenvalue weighted by molar-refractivity contribution is -0.140. The average Bonchev–Trinajstić information content (AvgIpc) is 3.08. The molecule has 7 heteroatoms. The number of piperazine rings is 1. The van der Waals surface area contributed by atoms with Crippen LogP contribution in [-0.4, -0.2) is 88.3 Å². The Morgan fingerprint density at radius 1 is 1.07 bits per heavy atom. The monoisotopic (exact) mass is 421 g/mol. The summed E-state index contributed by atoms with van der Waals surface area (Å²) in [4.78, 5) is 30.4. The number of hydrogen-bond acceptors (Lipinski definition) is 4. The molecule has 7 nitrogen and oxygen atoms in total. The zero-order chi connectivity index (χ0) is 21.5. The van der Waals surface area contributed by atoms with E-state index in [0.717, 1.165) is 32.4 Å². The zero-order valence-corrected chi connectivity index (χ0v) is 18.7. The van der Waals surface area contributed by atoms with Crippen LogP contribution in [0.2, 0.25) is 0 Å². The standard InChI is InChI=1S/C23H39N3O4/c1-22(2)9-5-18(6-10-22)24-12-13-25(20(28)15-24)14-17-4-3-8-23(17)16-26(21(29)30)11-7-19(23)27/h17-19,27H,3-16H2,1-2H3,(H,29,30). The van der Waals surface area contributed by atoms with Crippen LogP contribution in [0.1, 0.15) is 65.2 Å². The van der Waals surface area contributed by atoms with E-state index in [0.29, 0.717) is 44.1 Å². The van der Waals surface area contributed by atoms with Crippen molar-refractivity contribution in [3.63, 3.8) is 0 Å². The molecule has 0 bridgehead atoms. The molecule has 2 heterocycles. The van der Waals surface area contributed by atoms with Crippen molar-refractivity contribution in [2.24, 2.45) is 16.7 Å². The van der Waals surface area contributed by atoms with Gasteiger partial charge in [0.15, 0.2) is 0 Å². The van der Waals surface area contributed by atoms with E-state index < -0.39 is 12.2 Å². The molecule has 2 amide bonds. The number of likely N-dealkylation sites (tertiary alicyclic amines) is 1. The highest BCUT2D eigenvalue weighted by Gasteiger charge is 2.52. The van der Waals surface area contributed by atoms with Crippen LogP contribution >= 0.6 is 0 Å². The van der Waals surface area contributed by atoms with Crippen LogP contribution in [0, 0.1) is 16.7 Å². The van der Waals surface area contributed by atoms with Gasteiger partial charge in [-0.15, -0.1) is 0 Å². The SMILES string of the molecule is CC1(C)CCC(N2CCN(CC3CCCC34CN(C(=O)O)CCC4O)C(=O)C2)CC1. The number of carbonyl (C=O) groups is 2. The molecular weight excluding hydrogens is 382 g/mol. The summed E-state index contributed by atoms with van der Waals surface area (Å²) in [7, 11) is 0. The molecule has 0 radical (unpaired) electrons.